The van der Waals surface area contributed by atoms with Crippen LogP contribution < -0.4 is 5.73 Å². The second-order valence-corrected chi connectivity index (χ2v) is 4.30. The number of anilines is 1. The number of azide groups is 1. The number of nitrogen functional groups attached to an aromatic ring is 1. The Morgan fingerprint density at radius 2 is 2.14 bits per heavy atom. The van der Waals surface area contributed by atoms with Crippen molar-refractivity contribution in [3.63, 3.8) is 0 Å². The van der Waals surface area contributed by atoms with Crippen LogP contribution in [-0.2, 0) is 10.0 Å². The summed E-state index contributed by atoms with van der Waals surface area (Å²) >= 11 is 5.60. The van der Waals surface area contributed by atoms with E-state index in [-0.39, 0.29) is 15.6 Å². The lowest BCUT2D eigenvalue weighted by molar-refractivity contribution is 0.597. The zero-order valence-electron chi connectivity index (χ0n) is 6.75. The van der Waals surface area contributed by atoms with Crippen LogP contribution in [0.4, 0.5) is 5.69 Å². The van der Waals surface area contributed by atoms with Gasteiger partial charge in [-0.1, -0.05) is 11.6 Å². The van der Waals surface area contributed by atoms with Crippen LogP contribution in [0.5, 0.6) is 0 Å². The van der Waals surface area contributed by atoms with Crippen LogP contribution >= 0.6 is 11.6 Å². The molecule has 0 unspecified atom stereocenters. The van der Waals surface area contributed by atoms with E-state index in [0.29, 0.717) is 0 Å². The van der Waals surface area contributed by atoms with Gasteiger partial charge in [0.2, 0.25) is 0 Å². The Bertz CT molecular complexity index is 507. The van der Waals surface area contributed by atoms with E-state index >= 15 is 0 Å². The van der Waals surface area contributed by atoms with E-state index in [0.717, 1.165) is 6.07 Å². The second kappa shape index (κ2) is 3.75. The number of hydrogen-bond acceptors (Lipinski definition) is 3. The van der Waals surface area contributed by atoms with Gasteiger partial charge in [0.05, 0.1) is 9.92 Å². The van der Waals surface area contributed by atoms with Gasteiger partial charge in [0.1, 0.15) is 0 Å². The van der Waals surface area contributed by atoms with Crippen molar-refractivity contribution in [1.29, 1.82) is 0 Å². The van der Waals surface area contributed by atoms with E-state index in [1.54, 1.807) is 0 Å². The number of hydrogen-bond donors (Lipinski definition) is 1. The van der Waals surface area contributed by atoms with Crippen LogP contribution in [0.2, 0.25) is 5.02 Å². The molecule has 0 radical (unpaired) electrons. The minimum atomic E-state index is -4.07. The van der Waals surface area contributed by atoms with E-state index in [9.17, 15) is 8.42 Å². The molecule has 0 fully saturated rings. The molecule has 0 aliphatic carbocycles. The highest BCUT2D eigenvalue weighted by molar-refractivity contribution is 7.90. The summed E-state index contributed by atoms with van der Waals surface area (Å²) in [6, 6.07) is 3.89. The average molecular weight is 233 g/mol. The SMILES string of the molecule is [N-]=[N+]=NS(=O)(=O)c1cc(N)ccc1Cl. The Hall–Kier alpha value is -1.43. The molecule has 8 heteroatoms. The zero-order chi connectivity index (χ0) is 10.8. The smallest absolute Gasteiger partial charge is 0.265 e. The van der Waals surface area contributed by atoms with Crippen molar-refractivity contribution in [1.82, 2.24) is 0 Å². The van der Waals surface area contributed by atoms with Gasteiger partial charge < -0.3 is 5.73 Å². The highest BCUT2D eigenvalue weighted by Crippen LogP contribution is 2.25. The molecule has 0 saturated heterocycles. The van der Waals surface area contributed by atoms with Crippen LogP contribution in [0.1, 0.15) is 0 Å². The maximum absolute atomic E-state index is 11.2. The fraction of sp³-hybridized carbons (Fsp3) is 0. The van der Waals surface area contributed by atoms with Gasteiger partial charge in [-0.3, -0.25) is 0 Å². The van der Waals surface area contributed by atoms with Crippen molar-refractivity contribution < 1.29 is 8.42 Å². The lowest BCUT2D eigenvalue weighted by Gasteiger charge is -2.01. The Kier molecular flexibility index (Phi) is 2.85. The molecule has 0 spiro atoms. The van der Waals surface area contributed by atoms with Gasteiger partial charge in [0.15, 0.2) is 0 Å². The molecule has 6 nitrogen and oxygen atoms in total. The molecule has 0 aromatic heterocycles. The van der Waals surface area contributed by atoms with Crippen molar-refractivity contribution >= 4 is 27.3 Å². The second-order valence-electron chi connectivity index (χ2n) is 2.34. The highest BCUT2D eigenvalue weighted by atomic mass is 35.5. The highest BCUT2D eigenvalue weighted by Gasteiger charge is 2.16. The van der Waals surface area contributed by atoms with Crippen molar-refractivity contribution in [3.05, 3.63) is 33.7 Å². The number of nitrogens with zero attached hydrogens (tertiary/aromatic N) is 3. The molecule has 0 heterocycles. The summed E-state index contributed by atoms with van der Waals surface area (Å²) in [7, 11) is -4.07. The van der Waals surface area contributed by atoms with Crippen LogP contribution in [0.15, 0.2) is 27.6 Å². The van der Waals surface area contributed by atoms with Crippen LogP contribution in [0.25, 0.3) is 10.4 Å². The first-order valence-electron chi connectivity index (χ1n) is 3.34. The lowest BCUT2D eigenvalue weighted by atomic mass is 10.3. The molecular formula is C6H5ClN4O2S. The van der Waals surface area contributed by atoms with Gasteiger partial charge in [-0.25, -0.2) is 8.42 Å². The summed E-state index contributed by atoms with van der Waals surface area (Å²) in [5.74, 6) is 0. The summed E-state index contributed by atoms with van der Waals surface area (Å²) in [5.41, 5.74) is 13.6. The van der Waals surface area contributed by atoms with Gasteiger partial charge in [0.25, 0.3) is 10.0 Å². The van der Waals surface area contributed by atoms with E-state index in [1.807, 2.05) is 0 Å². The lowest BCUT2D eigenvalue weighted by Crippen LogP contribution is -1.98. The topological polar surface area (TPSA) is 109 Å². The van der Waals surface area contributed by atoms with Gasteiger partial charge in [-0.2, -0.15) is 0 Å². The van der Waals surface area contributed by atoms with Crippen molar-refractivity contribution in [3.8, 4) is 0 Å². The minimum absolute atomic E-state index is 0.0356. The average Bonchev–Trinajstić information content (AvgIpc) is 2.09. The maximum Gasteiger partial charge on any atom is 0.265 e. The fourth-order valence-corrected chi connectivity index (χ4v) is 2.00. The summed E-state index contributed by atoms with van der Waals surface area (Å²) in [5, 5.41) is -0.0356. The third-order valence-corrected chi connectivity index (χ3v) is 3.00. The molecule has 0 saturated carbocycles. The van der Waals surface area contributed by atoms with E-state index in [1.165, 1.54) is 12.1 Å². The Balaban J connectivity index is 3.46. The number of benzene rings is 1. The molecule has 1 aromatic carbocycles. The standard InChI is InChI=1S/C6H5ClN4O2S/c7-5-2-1-4(8)3-6(5)14(12,13)11-10-9/h1-3H,8H2. The third-order valence-electron chi connectivity index (χ3n) is 1.38. The van der Waals surface area contributed by atoms with Gasteiger partial charge in [0, 0.05) is 15.1 Å². The first kappa shape index (κ1) is 10.6. The summed E-state index contributed by atoms with van der Waals surface area (Å²) in [6.07, 6.45) is 0. The molecule has 1 aromatic rings. The molecule has 2 N–H and O–H groups in total. The van der Waals surface area contributed by atoms with Gasteiger partial charge in [-0.05, 0) is 23.7 Å². The number of sulfonamides is 1. The number of nitrogens with two attached hydrogens (primary N) is 1. The Morgan fingerprint density at radius 1 is 1.50 bits per heavy atom. The van der Waals surface area contributed by atoms with Crippen molar-refractivity contribution in [2.75, 3.05) is 5.73 Å². The monoisotopic (exact) mass is 232 g/mol. The molecule has 74 valence electrons. The quantitative estimate of drug-likeness (QED) is 0.364. The molecule has 0 bridgehead atoms. The predicted octanol–water partition coefficient (Wildman–Crippen LogP) is 1.92. The molecule has 0 atom stereocenters. The van der Waals surface area contributed by atoms with Crippen LogP contribution in [-0.4, -0.2) is 8.42 Å². The van der Waals surface area contributed by atoms with Crippen LogP contribution in [0, 0.1) is 0 Å². The first-order valence-corrected chi connectivity index (χ1v) is 5.15. The summed E-state index contributed by atoms with van der Waals surface area (Å²) in [6.45, 7) is 0. The molecule has 1 rings (SSSR count). The van der Waals surface area contributed by atoms with Crippen LogP contribution in [0.3, 0.4) is 0 Å². The largest absolute Gasteiger partial charge is 0.399 e. The third kappa shape index (κ3) is 2.08. The van der Waals surface area contributed by atoms with E-state index in [4.69, 9.17) is 22.9 Å². The number of halogens is 1. The molecule has 0 aliphatic rings. The minimum Gasteiger partial charge on any atom is -0.399 e. The first-order chi connectivity index (χ1) is 6.47. The number of rotatable bonds is 2. The maximum atomic E-state index is 11.2. The van der Waals surface area contributed by atoms with E-state index < -0.39 is 10.0 Å². The van der Waals surface area contributed by atoms with E-state index in [2.05, 4.69) is 9.43 Å². The summed E-state index contributed by atoms with van der Waals surface area (Å²) < 4.78 is 25.1. The Morgan fingerprint density at radius 3 is 2.71 bits per heavy atom. The normalized spacial score (nSPS) is 10.6. The zero-order valence-corrected chi connectivity index (χ0v) is 8.33. The molecule has 14 heavy (non-hydrogen) atoms. The van der Waals surface area contributed by atoms with Crippen molar-refractivity contribution in [2.24, 2.45) is 4.52 Å². The van der Waals surface area contributed by atoms with Crippen molar-refractivity contribution in [2.45, 2.75) is 4.90 Å². The predicted molar refractivity (Wildman–Crippen MR) is 52.2 cm³/mol. The van der Waals surface area contributed by atoms with Gasteiger partial charge >= 0.3 is 0 Å². The molecular weight excluding hydrogens is 228 g/mol. The summed E-state index contributed by atoms with van der Waals surface area (Å²) in [4.78, 5) is 1.90. The van der Waals surface area contributed by atoms with Gasteiger partial charge in [-0.15, -0.1) is 0 Å². The molecule has 0 amide bonds. The Labute approximate surface area is 85.0 Å². The fourth-order valence-electron chi connectivity index (χ4n) is 0.810. The molecule has 0 aliphatic heterocycles.